The molecule has 5 nitrogen and oxygen atoms in total. The van der Waals surface area contributed by atoms with Crippen molar-refractivity contribution in [3.63, 3.8) is 0 Å². The van der Waals surface area contributed by atoms with Crippen molar-refractivity contribution in [3.05, 3.63) is 71.2 Å². The number of halogens is 4. The summed E-state index contributed by atoms with van der Waals surface area (Å²) in [6.07, 6.45) is -1.73. The summed E-state index contributed by atoms with van der Waals surface area (Å²) < 4.78 is 73.7. The average Bonchev–Trinajstić information content (AvgIpc) is 3.02. The first-order valence-corrected chi connectivity index (χ1v) is 11.5. The molecular formula is C23H20F4N2O3S. The van der Waals surface area contributed by atoms with Crippen molar-refractivity contribution in [2.24, 2.45) is 0 Å². The number of amides is 1. The van der Waals surface area contributed by atoms with Crippen molar-refractivity contribution in [1.82, 2.24) is 4.57 Å². The number of benzene rings is 2. The lowest BCUT2D eigenvalue weighted by Gasteiger charge is -2.30. The Kier molecular flexibility index (Phi) is 6.26. The van der Waals surface area contributed by atoms with Gasteiger partial charge in [-0.05, 0) is 41.9 Å². The summed E-state index contributed by atoms with van der Waals surface area (Å²) >= 11 is -1.53. The van der Waals surface area contributed by atoms with Crippen LogP contribution >= 0.6 is 0 Å². The van der Waals surface area contributed by atoms with Crippen molar-refractivity contribution in [2.45, 2.75) is 24.0 Å². The Labute approximate surface area is 190 Å². The predicted molar refractivity (Wildman–Crippen MR) is 116 cm³/mol. The lowest BCUT2D eigenvalue weighted by molar-refractivity contribution is -0.137. The van der Waals surface area contributed by atoms with Gasteiger partial charge in [-0.2, -0.15) is 13.2 Å². The SMILES string of the molecule is Cc1c(C(=O)Nc2ccc([S+](C)[O-])c(F)c2)cn(C2COC2)c1-c1ccccc1C(F)(F)F. The maximum absolute atomic E-state index is 14.2. The van der Waals surface area contributed by atoms with E-state index < -0.39 is 34.6 Å². The highest BCUT2D eigenvalue weighted by Gasteiger charge is 2.36. The average molecular weight is 480 g/mol. The van der Waals surface area contributed by atoms with Gasteiger partial charge in [0.05, 0.1) is 36.1 Å². The van der Waals surface area contributed by atoms with Gasteiger partial charge in [0.1, 0.15) is 6.26 Å². The third-order valence-electron chi connectivity index (χ3n) is 5.53. The summed E-state index contributed by atoms with van der Waals surface area (Å²) in [5, 5.41) is 2.57. The van der Waals surface area contributed by atoms with E-state index in [9.17, 15) is 26.9 Å². The lowest BCUT2D eigenvalue weighted by atomic mass is 9.99. The van der Waals surface area contributed by atoms with Gasteiger partial charge in [-0.25, -0.2) is 4.39 Å². The van der Waals surface area contributed by atoms with Crippen LogP contribution in [0.5, 0.6) is 0 Å². The highest BCUT2D eigenvalue weighted by Crippen LogP contribution is 2.41. The van der Waals surface area contributed by atoms with E-state index in [1.807, 2.05) is 0 Å². The van der Waals surface area contributed by atoms with Gasteiger partial charge in [-0.1, -0.05) is 18.2 Å². The molecule has 174 valence electrons. The predicted octanol–water partition coefficient (Wildman–Crippen LogP) is 5.18. The van der Waals surface area contributed by atoms with Crippen molar-refractivity contribution in [2.75, 3.05) is 24.8 Å². The van der Waals surface area contributed by atoms with Crippen LogP contribution in [0.25, 0.3) is 11.3 Å². The fourth-order valence-corrected chi connectivity index (χ4v) is 4.40. The Morgan fingerprint density at radius 3 is 2.48 bits per heavy atom. The highest BCUT2D eigenvalue weighted by molar-refractivity contribution is 7.90. The zero-order valence-electron chi connectivity index (χ0n) is 17.7. The maximum Gasteiger partial charge on any atom is 0.417 e. The summed E-state index contributed by atoms with van der Waals surface area (Å²) in [4.78, 5) is 13.0. The quantitative estimate of drug-likeness (QED) is 0.404. The van der Waals surface area contributed by atoms with Crippen LogP contribution in [0.3, 0.4) is 0 Å². The van der Waals surface area contributed by atoms with Crippen molar-refractivity contribution in [3.8, 4) is 11.3 Å². The van der Waals surface area contributed by atoms with Gasteiger partial charge in [0.2, 0.25) is 0 Å². The summed E-state index contributed by atoms with van der Waals surface area (Å²) in [5.74, 6) is -1.32. The van der Waals surface area contributed by atoms with Crippen LogP contribution in [0.15, 0.2) is 53.6 Å². The summed E-state index contributed by atoms with van der Waals surface area (Å²) in [5.41, 5.74) is 0.117. The molecule has 2 aromatic carbocycles. The third kappa shape index (κ3) is 4.50. The summed E-state index contributed by atoms with van der Waals surface area (Å²) in [7, 11) is 0. The second-order valence-corrected chi connectivity index (χ2v) is 9.06. The first-order valence-electron chi connectivity index (χ1n) is 9.98. The normalized spacial score (nSPS) is 15.2. The molecule has 0 radical (unpaired) electrons. The largest absolute Gasteiger partial charge is 0.612 e. The molecule has 10 heteroatoms. The van der Waals surface area contributed by atoms with E-state index in [1.54, 1.807) is 11.5 Å². The number of nitrogens with one attached hydrogen (secondary N) is 1. The Balaban J connectivity index is 1.75. The number of carbonyl (C=O) groups is 1. The molecule has 1 aromatic heterocycles. The van der Waals surface area contributed by atoms with Gasteiger partial charge in [0.25, 0.3) is 5.91 Å². The molecule has 1 unspecified atom stereocenters. The molecule has 1 N–H and O–H groups in total. The van der Waals surface area contributed by atoms with Gasteiger partial charge in [0.15, 0.2) is 10.7 Å². The minimum atomic E-state index is -4.57. The fraction of sp³-hybridized carbons (Fsp3) is 0.261. The molecule has 0 aliphatic carbocycles. The van der Waals surface area contributed by atoms with E-state index in [0.717, 1.165) is 12.1 Å². The molecule has 1 amide bonds. The number of alkyl halides is 3. The van der Waals surface area contributed by atoms with E-state index >= 15 is 0 Å². The fourth-order valence-electron chi connectivity index (χ4n) is 3.81. The van der Waals surface area contributed by atoms with Crippen LogP contribution in [0.2, 0.25) is 0 Å². The third-order valence-corrected chi connectivity index (χ3v) is 6.48. The molecule has 0 saturated carbocycles. The second kappa shape index (κ2) is 8.85. The van der Waals surface area contributed by atoms with Crippen molar-refractivity contribution < 1.29 is 31.6 Å². The van der Waals surface area contributed by atoms with Crippen LogP contribution in [0, 0.1) is 12.7 Å². The van der Waals surface area contributed by atoms with E-state index in [4.69, 9.17) is 4.74 Å². The Morgan fingerprint density at radius 2 is 1.91 bits per heavy atom. The topological polar surface area (TPSA) is 66.3 Å². The van der Waals surface area contributed by atoms with E-state index in [1.165, 1.54) is 42.8 Å². The van der Waals surface area contributed by atoms with Crippen LogP contribution in [-0.2, 0) is 22.1 Å². The van der Waals surface area contributed by atoms with Crippen molar-refractivity contribution >= 4 is 22.8 Å². The molecule has 1 atom stereocenters. The summed E-state index contributed by atoms with van der Waals surface area (Å²) in [6, 6.07) is 8.79. The maximum atomic E-state index is 14.2. The lowest BCUT2D eigenvalue weighted by Crippen LogP contribution is -2.30. The molecule has 2 heterocycles. The molecule has 3 aromatic rings. The smallest absolute Gasteiger partial charge is 0.417 e. The number of hydrogen-bond donors (Lipinski definition) is 1. The number of anilines is 1. The Bertz CT molecular complexity index is 1200. The minimum Gasteiger partial charge on any atom is -0.612 e. The standard InChI is InChI=1S/C23H20F4N2O3S/c1-13-17(22(30)28-14-7-8-20(33(2)31)19(24)9-14)10-29(15-11-32-12-15)21(13)16-5-3-4-6-18(16)23(25,26)27/h3-10,15H,11-12H2,1-2H3,(H,28,30). The Morgan fingerprint density at radius 1 is 1.21 bits per heavy atom. The summed E-state index contributed by atoms with van der Waals surface area (Å²) in [6.45, 7) is 2.21. The second-order valence-electron chi connectivity index (χ2n) is 7.71. The van der Waals surface area contributed by atoms with E-state index in [-0.39, 0.29) is 33.4 Å². The number of ether oxygens (including phenoxy) is 1. The highest BCUT2D eigenvalue weighted by atomic mass is 32.2. The zero-order valence-corrected chi connectivity index (χ0v) is 18.5. The molecule has 0 spiro atoms. The number of carbonyl (C=O) groups excluding carboxylic acids is 1. The molecular weight excluding hydrogens is 460 g/mol. The number of rotatable bonds is 5. The molecule has 4 rings (SSSR count). The molecule has 1 aliphatic rings. The van der Waals surface area contributed by atoms with E-state index in [0.29, 0.717) is 18.8 Å². The van der Waals surface area contributed by atoms with Crippen molar-refractivity contribution in [1.29, 1.82) is 0 Å². The molecule has 1 aliphatic heterocycles. The van der Waals surface area contributed by atoms with Gasteiger partial charge in [0, 0.05) is 23.5 Å². The first kappa shape index (κ1) is 23.3. The van der Waals surface area contributed by atoms with E-state index in [2.05, 4.69) is 5.32 Å². The van der Waals surface area contributed by atoms with Gasteiger partial charge in [-0.15, -0.1) is 0 Å². The number of aromatic nitrogens is 1. The molecule has 0 bridgehead atoms. The molecule has 33 heavy (non-hydrogen) atoms. The molecule has 1 saturated heterocycles. The van der Waals surface area contributed by atoms with Gasteiger partial charge in [-0.3, -0.25) is 4.79 Å². The number of hydrogen-bond acceptors (Lipinski definition) is 3. The zero-order chi connectivity index (χ0) is 23.9. The van der Waals surface area contributed by atoms with Gasteiger partial charge < -0.3 is 19.2 Å². The van der Waals surface area contributed by atoms with Crippen LogP contribution in [0.1, 0.15) is 27.5 Å². The molecule has 1 fully saturated rings. The van der Waals surface area contributed by atoms with Gasteiger partial charge >= 0.3 is 6.18 Å². The number of nitrogens with zero attached hydrogens (tertiary/aromatic N) is 1. The van der Waals surface area contributed by atoms with Crippen LogP contribution in [0.4, 0.5) is 23.2 Å². The van der Waals surface area contributed by atoms with Crippen LogP contribution in [-0.4, -0.2) is 34.5 Å². The monoisotopic (exact) mass is 480 g/mol. The first-order chi connectivity index (χ1) is 15.6. The Hall–Kier alpha value is -2.82. The minimum absolute atomic E-state index is 0.00589. The van der Waals surface area contributed by atoms with Crippen LogP contribution < -0.4 is 5.32 Å².